The maximum Gasteiger partial charge on any atom is 0.194 e. The Labute approximate surface area is 160 Å². The van der Waals surface area contributed by atoms with E-state index in [-0.39, 0.29) is 0 Å². The predicted molar refractivity (Wildman–Crippen MR) is 112 cm³/mol. The molecule has 5 heteroatoms. The Kier molecular flexibility index (Phi) is 6.83. The molecule has 138 valence electrons. The Bertz CT molecular complexity index is 748. The first-order chi connectivity index (χ1) is 12.8. The average molecular weight is 369 g/mol. The summed E-state index contributed by atoms with van der Waals surface area (Å²) in [7, 11) is 0. The van der Waals surface area contributed by atoms with Crippen LogP contribution >= 0.6 is 11.3 Å². The van der Waals surface area contributed by atoms with Crippen LogP contribution in [0.15, 0.2) is 47.6 Å². The molecule has 1 aliphatic rings. The summed E-state index contributed by atoms with van der Waals surface area (Å²) >= 11 is 1.81. The molecule has 0 saturated heterocycles. The number of aliphatic imine (C=N–C) groups is 1. The lowest BCUT2D eigenvalue weighted by atomic mass is 10.00. The van der Waals surface area contributed by atoms with Crippen LogP contribution in [0.4, 0.5) is 0 Å². The van der Waals surface area contributed by atoms with Crippen molar-refractivity contribution in [2.75, 3.05) is 26.2 Å². The van der Waals surface area contributed by atoms with Crippen molar-refractivity contribution in [1.82, 2.24) is 15.2 Å². The molecule has 26 heavy (non-hydrogen) atoms. The Balaban J connectivity index is 1.60. The van der Waals surface area contributed by atoms with Gasteiger partial charge in [-0.2, -0.15) is 0 Å². The van der Waals surface area contributed by atoms with E-state index in [0.717, 1.165) is 51.4 Å². The van der Waals surface area contributed by atoms with Gasteiger partial charge in [-0.05, 0) is 30.9 Å². The van der Waals surface area contributed by atoms with Gasteiger partial charge < -0.3 is 10.2 Å². The lowest BCUT2D eigenvalue weighted by Crippen LogP contribution is -2.43. The number of hydrogen-bond acceptors (Lipinski definition) is 3. The van der Waals surface area contributed by atoms with Crippen LogP contribution in [0.1, 0.15) is 35.7 Å². The van der Waals surface area contributed by atoms with Crippen molar-refractivity contribution in [3.05, 3.63) is 58.1 Å². The number of rotatable bonds is 6. The molecule has 0 saturated carbocycles. The smallest absolute Gasteiger partial charge is 0.194 e. The van der Waals surface area contributed by atoms with Gasteiger partial charge in [-0.1, -0.05) is 43.3 Å². The van der Waals surface area contributed by atoms with Crippen molar-refractivity contribution in [3.63, 3.8) is 0 Å². The van der Waals surface area contributed by atoms with Crippen LogP contribution in [-0.4, -0.2) is 42.0 Å². The first-order valence-corrected chi connectivity index (χ1v) is 10.3. The van der Waals surface area contributed by atoms with E-state index in [1.807, 2.05) is 17.5 Å². The highest BCUT2D eigenvalue weighted by atomic mass is 32.1. The number of guanidine groups is 1. The van der Waals surface area contributed by atoms with Crippen LogP contribution in [-0.2, 0) is 12.8 Å². The zero-order valence-corrected chi connectivity index (χ0v) is 16.6. The lowest BCUT2D eigenvalue weighted by Gasteiger charge is -2.29. The Morgan fingerprint density at radius 2 is 2.12 bits per heavy atom. The molecule has 0 fully saturated rings. The van der Waals surface area contributed by atoms with Gasteiger partial charge in [0.15, 0.2) is 5.96 Å². The Hall–Kier alpha value is -2.14. The van der Waals surface area contributed by atoms with E-state index in [4.69, 9.17) is 4.99 Å². The van der Waals surface area contributed by atoms with Gasteiger partial charge in [0.2, 0.25) is 0 Å². The van der Waals surface area contributed by atoms with Crippen LogP contribution in [0.3, 0.4) is 0 Å². The monoisotopic (exact) mass is 368 g/mol. The third-order valence-corrected chi connectivity index (χ3v) is 5.73. The van der Waals surface area contributed by atoms with Gasteiger partial charge in [-0.25, -0.2) is 4.98 Å². The first-order valence-electron chi connectivity index (χ1n) is 9.51. The molecule has 0 radical (unpaired) electrons. The molecule has 0 amide bonds. The van der Waals surface area contributed by atoms with E-state index in [1.165, 1.54) is 21.0 Å². The molecule has 0 spiro atoms. The number of aromatic nitrogens is 1. The molecule has 4 nitrogen and oxygen atoms in total. The first kappa shape index (κ1) is 18.6. The van der Waals surface area contributed by atoms with Crippen molar-refractivity contribution in [1.29, 1.82) is 0 Å². The molecule has 1 aromatic carbocycles. The van der Waals surface area contributed by atoms with Gasteiger partial charge in [0.05, 0.1) is 5.01 Å². The number of benzene rings is 1. The molecule has 3 rings (SSSR count). The van der Waals surface area contributed by atoms with E-state index < -0.39 is 0 Å². The molecule has 0 aliphatic carbocycles. The van der Waals surface area contributed by atoms with Crippen LogP contribution in [0, 0.1) is 0 Å². The van der Waals surface area contributed by atoms with Crippen LogP contribution in [0.5, 0.6) is 0 Å². The third kappa shape index (κ3) is 4.94. The van der Waals surface area contributed by atoms with Gasteiger partial charge in [0.1, 0.15) is 0 Å². The standard InChI is InChI=1S/C21H28N4S/c1-3-19-16-24-20(26-19)10-13-23-21(22-4-2)25-14-11-18(12-15-25)17-8-6-5-7-9-17/h5-9,11,16H,3-4,10,12-15H2,1-2H3,(H,22,23). The molecule has 0 atom stereocenters. The van der Waals surface area contributed by atoms with Gasteiger partial charge >= 0.3 is 0 Å². The maximum atomic E-state index is 4.83. The summed E-state index contributed by atoms with van der Waals surface area (Å²) in [6.07, 6.45) is 7.36. The minimum atomic E-state index is 0.782. The fourth-order valence-corrected chi connectivity index (χ4v) is 3.94. The number of nitrogens with one attached hydrogen (secondary N) is 1. The summed E-state index contributed by atoms with van der Waals surface area (Å²) < 4.78 is 0. The summed E-state index contributed by atoms with van der Waals surface area (Å²) in [4.78, 5) is 13.0. The molecule has 1 aromatic heterocycles. The number of hydrogen-bond donors (Lipinski definition) is 1. The summed E-state index contributed by atoms with van der Waals surface area (Å²) in [5.74, 6) is 1.02. The molecule has 1 N–H and O–H groups in total. The molecular weight excluding hydrogens is 340 g/mol. The van der Waals surface area contributed by atoms with Crippen molar-refractivity contribution >= 4 is 22.9 Å². The second-order valence-corrected chi connectivity index (χ2v) is 7.55. The van der Waals surface area contributed by atoms with Gasteiger partial charge in [-0.3, -0.25) is 4.99 Å². The zero-order chi connectivity index (χ0) is 18.2. The minimum absolute atomic E-state index is 0.782. The van der Waals surface area contributed by atoms with Crippen LogP contribution < -0.4 is 5.32 Å². The number of nitrogens with zero attached hydrogens (tertiary/aromatic N) is 3. The highest BCUT2D eigenvalue weighted by Crippen LogP contribution is 2.22. The summed E-state index contributed by atoms with van der Waals surface area (Å²) in [6, 6.07) is 10.7. The minimum Gasteiger partial charge on any atom is -0.357 e. The third-order valence-electron chi connectivity index (χ3n) is 4.53. The molecule has 2 heterocycles. The van der Waals surface area contributed by atoms with E-state index in [2.05, 4.69) is 65.5 Å². The summed E-state index contributed by atoms with van der Waals surface area (Å²) in [5, 5.41) is 4.63. The van der Waals surface area contributed by atoms with Crippen molar-refractivity contribution in [3.8, 4) is 0 Å². The van der Waals surface area contributed by atoms with Crippen molar-refractivity contribution < 1.29 is 0 Å². The second-order valence-electron chi connectivity index (χ2n) is 6.35. The van der Waals surface area contributed by atoms with Crippen molar-refractivity contribution in [2.24, 2.45) is 4.99 Å². The van der Waals surface area contributed by atoms with Crippen LogP contribution in [0.25, 0.3) is 5.57 Å². The summed E-state index contributed by atoms with van der Waals surface area (Å²) in [6.45, 7) is 7.88. The normalized spacial score (nSPS) is 15.1. The SMILES string of the molecule is CCNC(=NCCc1ncc(CC)s1)N1CC=C(c2ccccc2)CC1. The fourth-order valence-electron chi connectivity index (χ4n) is 3.09. The topological polar surface area (TPSA) is 40.5 Å². The Morgan fingerprint density at radius 1 is 1.27 bits per heavy atom. The molecule has 2 aromatic rings. The second kappa shape index (κ2) is 9.53. The molecule has 0 unspecified atom stereocenters. The van der Waals surface area contributed by atoms with Gasteiger partial charge in [0, 0.05) is 43.7 Å². The van der Waals surface area contributed by atoms with E-state index >= 15 is 0 Å². The fraction of sp³-hybridized carbons (Fsp3) is 0.429. The molecule has 1 aliphatic heterocycles. The largest absolute Gasteiger partial charge is 0.357 e. The quantitative estimate of drug-likeness (QED) is 0.619. The Morgan fingerprint density at radius 3 is 2.77 bits per heavy atom. The zero-order valence-electron chi connectivity index (χ0n) is 15.7. The highest BCUT2D eigenvalue weighted by molar-refractivity contribution is 7.11. The van der Waals surface area contributed by atoms with Gasteiger partial charge in [-0.15, -0.1) is 11.3 Å². The van der Waals surface area contributed by atoms with E-state index in [9.17, 15) is 0 Å². The molecular formula is C21H28N4S. The van der Waals surface area contributed by atoms with Crippen LogP contribution in [0.2, 0.25) is 0 Å². The lowest BCUT2D eigenvalue weighted by molar-refractivity contribution is 0.440. The average Bonchev–Trinajstić information content (AvgIpc) is 3.16. The number of aryl methyl sites for hydroxylation is 1. The predicted octanol–water partition coefficient (Wildman–Crippen LogP) is 4.00. The summed E-state index contributed by atoms with van der Waals surface area (Å²) in [5.41, 5.74) is 2.78. The number of thiazole rings is 1. The molecule has 0 bridgehead atoms. The van der Waals surface area contributed by atoms with Crippen molar-refractivity contribution in [2.45, 2.75) is 33.1 Å². The highest BCUT2D eigenvalue weighted by Gasteiger charge is 2.16. The van der Waals surface area contributed by atoms with Gasteiger partial charge in [0.25, 0.3) is 0 Å². The van der Waals surface area contributed by atoms with E-state index in [0.29, 0.717) is 0 Å². The maximum absolute atomic E-state index is 4.83. The van der Waals surface area contributed by atoms with E-state index in [1.54, 1.807) is 0 Å².